The van der Waals surface area contributed by atoms with Crippen molar-refractivity contribution >= 4 is 15.6 Å². The SMILES string of the molecule is Cc1cc(C(=O)CS(=O)(=O)c2ccccc2)c(C)n1-c1ccccc1. The van der Waals surface area contributed by atoms with E-state index in [1.807, 2.05) is 48.7 Å². The van der Waals surface area contributed by atoms with Crippen LogP contribution in [0.3, 0.4) is 0 Å². The summed E-state index contributed by atoms with van der Waals surface area (Å²) in [6, 6.07) is 19.5. The number of rotatable bonds is 5. The monoisotopic (exact) mass is 353 g/mol. The Morgan fingerprint density at radius 3 is 2.08 bits per heavy atom. The number of aryl methyl sites for hydroxylation is 1. The van der Waals surface area contributed by atoms with Gasteiger partial charge in [0.2, 0.25) is 0 Å². The molecule has 2 aromatic carbocycles. The van der Waals surface area contributed by atoms with Crippen LogP contribution in [0.1, 0.15) is 21.7 Å². The zero-order valence-corrected chi connectivity index (χ0v) is 15.0. The lowest BCUT2D eigenvalue weighted by molar-refractivity contribution is 0.102. The smallest absolute Gasteiger partial charge is 0.185 e. The average molecular weight is 353 g/mol. The maximum atomic E-state index is 12.7. The van der Waals surface area contributed by atoms with Gasteiger partial charge in [-0.25, -0.2) is 8.42 Å². The van der Waals surface area contributed by atoms with Gasteiger partial charge in [-0.2, -0.15) is 0 Å². The van der Waals surface area contributed by atoms with Gasteiger partial charge in [0.25, 0.3) is 0 Å². The molecule has 0 aliphatic rings. The summed E-state index contributed by atoms with van der Waals surface area (Å²) < 4.78 is 26.9. The van der Waals surface area contributed by atoms with E-state index in [1.54, 1.807) is 24.3 Å². The zero-order chi connectivity index (χ0) is 18.0. The van der Waals surface area contributed by atoms with E-state index >= 15 is 0 Å². The molecule has 1 aromatic heterocycles. The predicted molar refractivity (Wildman–Crippen MR) is 98.1 cm³/mol. The minimum absolute atomic E-state index is 0.167. The van der Waals surface area contributed by atoms with Gasteiger partial charge in [-0.3, -0.25) is 4.79 Å². The van der Waals surface area contributed by atoms with Gasteiger partial charge in [0.1, 0.15) is 5.75 Å². The molecule has 0 saturated heterocycles. The molecule has 0 radical (unpaired) electrons. The molecule has 1 heterocycles. The van der Waals surface area contributed by atoms with E-state index in [-0.39, 0.29) is 10.7 Å². The van der Waals surface area contributed by atoms with Gasteiger partial charge in [0.15, 0.2) is 15.6 Å². The molecule has 128 valence electrons. The van der Waals surface area contributed by atoms with Gasteiger partial charge in [0, 0.05) is 22.6 Å². The Hall–Kier alpha value is -2.66. The third-order valence-electron chi connectivity index (χ3n) is 4.17. The Balaban J connectivity index is 1.94. The highest BCUT2D eigenvalue weighted by molar-refractivity contribution is 7.92. The van der Waals surface area contributed by atoms with E-state index < -0.39 is 15.6 Å². The van der Waals surface area contributed by atoms with Gasteiger partial charge >= 0.3 is 0 Å². The second-order valence-corrected chi connectivity index (χ2v) is 7.94. The number of sulfone groups is 1. The molecule has 0 aliphatic heterocycles. The van der Waals surface area contributed by atoms with Crippen LogP contribution in [0.25, 0.3) is 5.69 Å². The van der Waals surface area contributed by atoms with Gasteiger partial charge in [-0.05, 0) is 44.2 Å². The molecule has 0 bridgehead atoms. The number of nitrogens with zero attached hydrogens (tertiary/aromatic N) is 1. The molecule has 0 aliphatic carbocycles. The van der Waals surface area contributed by atoms with E-state index in [9.17, 15) is 13.2 Å². The van der Waals surface area contributed by atoms with Crippen LogP contribution in [0.2, 0.25) is 0 Å². The van der Waals surface area contributed by atoms with Crippen LogP contribution in [0.4, 0.5) is 0 Å². The van der Waals surface area contributed by atoms with Crippen LogP contribution in [0.15, 0.2) is 71.6 Å². The first kappa shape index (κ1) is 17.2. The molecule has 25 heavy (non-hydrogen) atoms. The van der Waals surface area contributed by atoms with Gasteiger partial charge < -0.3 is 4.57 Å². The number of benzene rings is 2. The Morgan fingerprint density at radius 1 is 0.920 bits per heavy atom. The van der Waals surface area contributed by atoms with Gasteiger partial charge in [-0.15, -0.1) is 0 Å². The second kappa shape index (κ2) is 6.69. The number of carbonyl (C=O) groups excluding carboxylic acids is 1. The molecule has 0 atom stereocenters. The normalized spacial score (nSPS) is 11.4. The maximum Gasteiger partial charge on any atom is 0.185 e. The summed E-state index contributed by atoms with van der Waals surface area (Å²) >= 11 is 0. The molecule has 0 fully saturated rings. The van der Waals surface area contributed by atoms with E-state index in [0.717, 1.165) is 17.1 Å². The highest BCUT2D eigenvalue weighted by atomic mass is 32.2. The van der Waals surface area contributed by atoms with Crippen molar-refractivity contribution in [2.45, 2.75) is 18.7 Å². The second-order valence-electron chi connectivity index (χ2n) is 5.95. The van der Waals surface area contributed by atoms with Crippen LogP contribution >= 0.6 is 0 Å². The van der Waals surface area contributed by atoms with E-state index in [1.165, 1.54) is 12.1 Å². The zero-order valence-electron chi connectivity index (χ0n) is 14.1. The number of ketones is 1. The lowest BCUT2D eigenvalue weighted by atomic mass is 10.2. The topological polar surface area (TPSA) is 56.1 Å². The molecule has 0 N–H and O–H groups in total. The van der Waals surface area contributed by atoms with Gasteiger partial charge in [-0.1, -0.05) is 36.4 Å². The fourth-order valence-electron chi connectivity index (χ4n) is 2.98. The van der Waals surface area contributed by atoms with Crippen LogP contribution < -0.4 is 0 Å². The number of para-hydroxylation sites is 1. The molecule has 0 saturated carbocycles. The van der Waals surface area contributed by atoms with E-state index in [4.69, 9.17) is 0 Å². The summed E-state index contributed by atoms with van der Waals surface area (Å²) in [6.45, 7) is 3.74. The first-order chi connectivity index (χ1) is 11.9. The molecular formula is C20H19NO3S. The van der Waals surface area contributed by atoms with Crippen molar-refractivity contribution in [2.75, 3.05) is 5.75 Å². The molecule has 3 aromatic rings. The van der Waals surface area contributed by atoms with Crippen molar-refractivity contribution in [2.24, 2.45) is 0 Å². The van der Waals surface area contributed by atoms with Gasteiger partial charge in [0.05, 0.1) is 4.90 Å². The van der Waals surface area contributed by atoms with E-state index in [2.05, 4.69) is 0 Å². The van der Waals surface area contributed by atoms with Crippen molar-refractivity contribution in [3.63, 3.8) is 0 Å². The van der Waals surface area contributed by atoms with Crippen molar-refractivity contribution in [3.05, 3.63) is 83.7 Å². The molecule has 0 spiro atoms. The number of hydrogen-bond acceptors (Lipinski definition) is 3. The Kier molecular flexibility index (Phi) is 4.59. The lowest BCUT2D eigenvalue weighted by Crippen LogP contribution is -2.17. The summed E-state index contributed by atoms with van der Waals surface area (Å²) in [5.74, 6) is -0.921. The maximum absolute atomic E-state index is 12.7. The summed E-state index contributed by atoms with van der Waals surface area (Å²) in [5.41, 5.74) is 3.03. The van der Waals surface area contributed by atoms with Crippen molar-refractivity contribution < 1.29 is 13.2 Å². The third kappa shape index (κ3) is 3.42. The number of hydrogen-bond donors (Lipinski definition) is 0. The molecule has 4 nitrogen and oxygen atoms in total. The van der Waals surface area contributed by atoms with Crippen molar-refractivity contribution in [3.8, 4) is 5.69 Å². The minimum Gasteiger partial charge on any atom is -0.318 e. The van der Waals surface area contributed by atoms with Crippen LogP contribution in [-0.4, -0.2) is 24.5 Å². The first-order valence-corrected chi connectivity index (χ1v) is 9.61. The summed E-state index contributed by atoms with van der Waals surface area (Å²) in [7, 11) is -3.65. The number of Topliss-reactive ketones (excluding diaryl/α,β-unsaturated/α-hetero) is 1. The lowest BCUT2D eigenvalue weighted by Gasteiger charge is -2.09. The highest BCUT2D eigenvalue weighted by Crippen LogP contribution is 2.22. The van der Waals surface area contributed by atoms with Crippen LogP contribution in [0.5, 0.6) is 0 Å². The summed E-state index contributed by atoms with van der Waals surface area (Å²) in [5, 5.41) is 0. The fraction of sp³-hybridized carbons (Fsp3) is 0.150. The number of aromatic nitrogens is 1. The number of carbonyl (C=O) groups is 1. The van der Waals surface area contributed by atoms with Crippen molar-refractivity contribution in [1.82, 2.24) is 4.57 Å². The molecule has 0 amide bonds. The first-order valence-electron chi connectivity index (χ1n) is 7.95. The molecule has 5 heteroatoms. The predicted octanol–water partition coefficient (Wildman–Crippen LogP) is 3.75. The highest BCUT2D eigenvalue weighted by Gasteiger charge is 2.23. The third-order valence-corrected chi connectivity index (χ3v) is 5.80. The average Bonchev–Trinajstić information content (AvgIpc) is 2.91. The molecular weight excluding hydrogens is 334 g/mol. The Morgan fingerprint density at radius 2 is 1.48 bits per heavy atom. The van der Waals surface area contributed by atoms with Crippen LogP contribution in [-0.2, 0) is 9.84 Å². The van der Waals surface area contributed by atoms with Crippen molar-refractivity contribution in [1.29, 1.82) is 0 Å². The molecule has 3 rings (SSSR count). The minimum atomic E-state index is -3.65. The van der Waals surface area contributed by atoms with Crippen LogP contribution in [0, 0.1) is 13.8 Å². The largest absolute Gasteiger partial charge is 0.318 e. The molecule has 0 unspecified atom stereocenters. The Bertz CT molecular complexity index is 1000. The fourth-order valence-corrected chi connectivity index (χ4v) is 4.22. The summed E-state index contributed by atoms with van der Waals surface area (Å²) in [4.78, 5) is 12.8. The van der Waals surface area contributed by atoms with E-state index in [0.29, 0.717) is 5.56 Å². The standard InChI is InChI=1S/C20H19NO3S/c1-15-13-19(16(2)21(15)17-9-5-3-6-10-17)20(22)14-25(23,24)18-11-7-4-8-12-18/h3-13H,14H2,1-2H3. The Labute approximate surface area is 147 Å². The quantitative estimate of drug-likeness (QED) is 0.657. The summed E-state index contributed by atoms with van der Waals surface area (Å²) in [6.07, 6.45) is 0.